The number of rotatable bonds is 5. The van der Waals surface area contributed by atoms with Gasteiger partial charge in [-0.1, -0.05) is 178 Å². The Morgan fingerprint density at radius 2 is 1.08 bits per heavy atom. The smallest absolute Gasteiger partial charge is 0.0540 e. The lowest BCUT2D eigenvalue weighted by molar-refractivity contribution is 0.327. The van der Waals surface area contributed by atoms with Gasteiger partial charge in [0.25, 0.3) is 0 Å². The fourth-order valence-corrected chi connectivity index (χ4v) is 13.0. The van der Waals surface area contributed by atoms with E-state index in [2.05, 4.69) is 207 Å². The topological polar surface area (TPSA) is 3.24 Å². The molecule has 0 amide bonds. The Labute approximate surface area is 359 Å². The van der Waals surface area contributed by atoms with E-state index in [1.807, 2.05) is 0 Å². The fourth-order valence-electron chi connectivity index (χ4n) is 13.0. The minimum absolute atomic E-state index is 0.0897. The van der Waals surface area contributed by atoms with Gasteiger partial charge in [-0.3, -0.25) is 0 Å². The molecule has 0 aromatic heterocycles. The summed E-state index contributed by atoms with van der Waals surface area (Å²) in [6, 6.07) is 71.4. The third kappa shape index (κ3) is 4.89. The van der Waals surface area contributed by atoms with E-state index >= 15 is 0 Å². The van der Waals surface area contributed by atoms with E-state index in [9.17, 15) is 0 Å². The first-order chi connectivity index (χ1) is 30.0. The van der Waals surface area contributed by atoms with Crippen molar-refractivity contribution in [3.05, 3.63) is 210 Å². The van der Waals surface area contributed by atoms with Gasteiger partial charge in [0.2, 0.25) is 0 Å². The molecule has 0 saturated heterocycles. The highest BCUT2D eigenvalue weighted by molar-refractivity contribution is 6.13. The Hall–Kier alpha value is -6.70. The SMILES string of the molecule is CC1(C)c2ccccc2-c2cccc(-c3ccc(N(c4ccc5c(c4)C4(CC6CCC4C6)c4ccccc4-5)c4ccccc4-c4cccc5c4ccc4ccccc45)cc3)c21. The van der Waals surface area contributed by atoms with Gasteiger partial charge in [0, 0.05) is 27.8 Å². The zero-order valence-corrected chi connectivity index (χ0v) is 34.8. The van der Waals surface area contributed by atoms with Gasteiger partial charge in [0.15, 0.2) is 0 Å². The summed E-state index contributed by atoms with van der Waals surface area (Å²) in [5.74, 6) is 1.51. The number of hydrogen-bond donors (Lipinski definition) is 0. The van der Waals surface area contributed by atoms with Crippen molar-refractivity contribution < 1.29 is 0 Å². The average Bonchev–Trinajstić information content (AvgIpc) is 4.06. The molecule has 3 unspecified atom stereocenters. The molecule has 1 spiro atoms. The second-order valence-electron chi connectivity index (χ2n) is 18.8. The van der Waals surface area contributed by atoms with Gasteiger partial charge in [0.05, 0.1) is 5.69 Å². The van der Waals surface area contributed by atoms with Gasteiger partial charge >= 0.3 is 0 Å². The monoisotopic (exact) mass is 781 g/mol. The lowest BCUT2D eigenvalue weighted by atomic mass is 9.67. The number of fused-ring (bicyclic) bond motifs is 14. The molecule has 3 atom stereocenters. The molecule has 1 heteroatoms. The molecule has 0 aliphatic heterocycles. The standard InChI is InChI=1S/C60H47N/c1-59(2)54-22-8-5-16-50(54)53-21-11-18-45(58(53)59)40-26-30-42(31-27-40)61(43-32-34-51-49-15-6-9-23-55(49)60(56(51)36-43)37-38-25-29-41(60)35-38)57-24-10-7-17-52(57)47-20-12-19-46-44-14-4-3-13-39(44)28-33-48(46)47/h3-24,26-28,30-34,36,38,41H,25,29,35,37H2,1-2H3. The van der Waals surface area contributed by atoms with Gasteiger partial charge in [-0.05, 0) is 144 Å². The van der Waals surface area contributed by atoms with E-state index in [0.29, 0.717) is 5.92 Å². The number of benzene rings is 9. The van der Waals surface area contributed by atoms with Crippen LogP contribution in [0.3, 0.4) is 0 Å². The first kappa shape index (κ1) is 35.1. The van der Waals surface area contributed by atoms with E-state index in [1.54, 1.807) is 5.56 Å². The molecule has 2 saturated carbocycles. The molecule has 292 valence electrons. The van der Waals surface area contributed by atoms with E-state index in [-0.39, 0.29) is 10.8 Å². The third-order valence-electron chi connectivity index (χ3n) is 15.5. The van der Waals surface area contributed by atoms with Crippen LogP contribution in [0.2, 0.25) is 0 Å². The van der Waals surface area contributed by atoms with E-state index in [0.717, 1.165) is 11.6 Å². The Balaban J connectivity index is 1.01. The molecule has 9 aromatic rings. The van der Waals surface area contributed by atoms with Crippen LogP contribution in [0.5, 0.6) is 0 Å². The summed E-state index contributed by atoms with van der Waals surface area (Å²) in [6.07, 6.45) is 5.33. The molecule has 0 heterocycles. The number of para-hydroxylation sites is 1. The lowest BCUT2D eigenvalue weighted by Crippen LogP contribution is -2.32. The fraction of sp³-hybridized carbons (Fsp3) is 0.167. The first-order valence-corrected chi connectivity index (χ1v) is 22.4. The van der Waals surface area contributed by atoms with Crippen LogP contribution in [0.1, 0.15) is 61.8 Å². The lowest BCUT2D eigenvalue weighted by Gasteiger charge is -2.37. The molecular formula is C60H47N. The average molecular weight is 782 g/mol. The Morgan fingerprint density at radius 1 is 0.443 bits per heavy atom. The van der Waals surface area contributed by atoms with Crippen molar-refractivity contribution in [2.24, 2.45) is 11.8 Å². The summed E-state index contributed by atoms with van der Waals surface area (Å²) in [5.41, 5.74) is 20.1. The Kier molecular flexibility index (Phi) is 7.42. The van der Waals surface area contributed by atoms with Gasteiger partial charge < -0.3 is 4.90 Å². The summed E-state index contributed by atoms with van der Waals surface area (Å²) < 4.78 is 0. The maximum Gasteiger partial charge on any atom is 0.0540 e. The molecule has 1 nitrogen and oxygen atoms in total. The van der Waals surface area contributed by atoms with E-state index < -0.39 is 0 Å². The van der Waals surface area contributed by atoms with Crippen molar-refractivity contribution in [1.82, 2.24) is 0 Å². The Morgan fingerprint density at radius 3 is 1.90 bits per heavy atom. The molecule has 4 aliphatic rings. The van der Waals surface area contributed by atoms with E-state index in [4.69, 9.17) is 0 Å². The second-order valence-corrected chi connectivity index (χ2v) is 18.8. The van der Waals surface area contributed by atoms with Crippen LogP contribution >= 0.6 is 0 Å². The molecule has 2 bridgehead atoms. The van der Waals surface area contributed by atoms with Crippen LogP contribution in [0.15, 0.2) is 188 Å². The highest BCUT2D eigenvalue weighted by Crippen LogP contribution is 2.66. The van der Waals surface area contributed by atoms with Crippen LogP contribution in [-0.2, 0) is 10.8 Å². The van der Waals surface area contributed by atoms with Crippen molar-refractivity contribution in [1.29, 1.82) is 0 Å². The molecular weight excluding hydrogens is 735 g/mol. The van der Waals surface area contributed by atoms with Gasteiger partial charge in [-0.2, -0.15) is 0 Å². The largest absolute Gasteiger partial charge is 0.310 e. The molecule has 9 aromatic carbocycles. The van der Waals surface area contributed by atoms with Gasteiger partial charge in [-0.15, -0.1) is 0 Å². The minimum atomic E-state index is -0.0897. The van der Waals surface area contributed by atoms with Crippen molar-refractivity contribution in [2.75, 3.05) is 4.90 Å². The van der Waals surface area contributed by atoms with Gasteiger partial charge in [0.1, 0.15) is 0 Å². The molecule has 4 aliphatic carbocycles. The summed E-state index contributed by atoms with van der Waals surface area (Å²) >= 11 is 0. The van der Waals surface area contributed by atoms with Crippen LogP contribution in [-0.4, -0.2) is 0 Å². The minimum Gasteiger partial charge on any atom is -0.310 e. The van der Waals surface area contributed by atoms with Crippen LogP contribution < -0.4 is 4.90 Å². The number of nitrogens with zero attached hydrogens (tertiary/aromatic N) is 1. The second kappa shape index (κ2) is 12.9. The third-order valence-corrected chi connectivity index (χ3v) is 15.5. The maximum absolute atomic E-state index is 2.60. The zero-order chi connectivity index (χ0) is 40.5. The maximum atomic E-state index is 2.60. The molecule has 0 radical (unpaired) electrons. The molecule has 0 N–H and O–H groups in total. The zero-order valence-electron chi connectivity index (χ0n) is 34.8. The normalized spacial score (nSPS) is 19.9. The number of anilines is 3. The summed E-state index contributed by atoms with van der Waals surface area (Å²) in [7, 11) is 0. The molecule has 13 rings (SSSR count). The summed E-state index contributed by atoms with van der Waals surface area (Å²) in [5, 5.41) is 5.12. The van der Waals surface area contributed by atoms with Crippen molar-refractivity contribution in [3.8, 4) is 44.5 Å². The van der Waals surface area contributed by atoms with Crippen LogP contribution in [0, 0.1) is 11.8 Å². The van der Waals surface area contributed by atoms with Crippen LogP contribution in [0.4, 0.5) is 17.1 Å². The number of hydrogen-bond acceptors (Lipinski definition) is 1. The predicted octanol–water partition coefficient (Wildman–Crippen LogP) is 16.2. The van der Waals surface area contributed by atoms with E-state index in [1.165, 1.54) is 120 Å². The first-order valence-electron chi connectivity index (χ1n) is 22.4. The predicted molar refractivity (Wildman–Crippen MR) is 256 cm³/mol. The summed E-state index contributed by atoms with van der Waals surface area (Å²) in [6.45, 7) is 4.78. The van der Waals surface area contributed by atoms with Crippen molar-refractivity contribution in [2.45, 2.75) is 50.4 Å². The van der Waals surface area contributed by atoms with Crippen molar-refractivity contribution >= 4 is 38.6 Å². The Bertz CT molecular complexity index is 3260. The van der Waals surface area contributed by atoms with Crippen molar-refractivity contribution in [3.63, 3.8) is 0 Å². The highest BCUT2D eigenvalue weighted by Gasteiger charge is 2.56. The van der Waals surface area contributed by atoms with Gasteiger partial charge in [-0.25, -0.2) is 0 Å². The highest BCUT2D eigenvalue weighted by atomic mass is 15.1. The van der Waals surface area contributed by atoms with Crippen LogP contribution in [0.25, 0.3) is 66.1 Å². The molecule has 61 heavy (non-hydrogen) atoms. The quantitative estimate of drug-likeness (QED) is 0.157. The summed E-state index contributed by atoms with van der Waals surface area (Å²) in [4.78, 5) is 2.55. The molecule has 2 fully saturated rings.